The molecule has 5 nitrogen and oxygen atoms in total. The molecule has 4 aromatic rings. The highest BCUT2D eigenvalue weighted by molar-refractivity contribution is 5.99. The fourth-order valence-corrected chi connectivity index (χ4v) is 5.43. The van der Waals surface area contributed by atoms with E-state index < -0.39 is 23.0 Å². The number of aromatic nitrogens is 3. The summed E-state index contributed by atoms with van der Waals surface area (Å²) in [5.74, 6) is -2.20. The Hall–Kier alpha value is -3.22. The van der Waals surface area contributed by atoms with E-state index in [-0.39, 0.29) is 11.8 Å². The lowest BCUT2D eigenvalue weighted by Crippen LogP contribution is -2.32. The van der Waals surface area contributed by atoms with Gasteiger partial charge in [0, 0.05) is 28.2 Å². The minimum Gasteiger partial charge on any atom is -0.481 e. The molecular formula is C26H27F2N3O2. The molecule has 5 rings (SSSR count). The molecule has 1 fully saturated rings. The first-order valence-corrected chi connectivity index (χ1v) is 11.4. The van der Waals surface area contributed by atoms with Crippen molar-refractivity contribution in [3.05, 3.63) is 59.4 Å². The highest BCUT2D eigenvalue weighted by Gasteiger charge is 2.39. The Morgan fingerprint density at radius 2 is 1.91 bits per heavy atom. The highest BCUT2D eigenvalue weighted by Crippen LogP contribution is 2.48. The van der Waals surface area contributed by atoms with E-state index in [1.165, 1.54) is 11.6 Å². The lowest BCUT2D eigenvalue weighted by Gasteiger charge is -2.34. The predicted molar refractivity (Wildman–Crippen MR) is 124 cm³/mol. The summed E-state index contributed by atoms with van der Waals surface area (Å²) in [6, 6.07) is 8.13. The normalized spacial score (nSPS) is 21.3. The van der Waals surface area contributed by atoms with Crippen LogP contribution in [-0.2, 0) is 4.79 Å². The Morgan fingerprint density at radius 3 is 2.55 bits per heavy atom. The van der Waals surface area contributed by atoms with E-state index in [1.807, 2.05) is 17.6 Å². The smallest absolute Gasteiger partial charge is 0.309 e. The second-order valence-electron chi connectivity index (χ2n) is 9.85. The molecule has 0 saturated heterocycles. The van der Waals surface area contributed by atoms with Crippen LogP contribution >= 0.6 is 0 Å². The number of nitrogens with zero attached hydrogens (tertiary/aromatic N) is 2. The molecule has 0 spiro atoms. The fraction of sp³-hybridized carbons (Fsp3) is 0.385. The van der Waals surface area contributed by atoms with E-state index in [1.54, 1.807) is 12.3 Å². The van der Waals surface area contributed by atoms with Crippen molar-refractivity contribution >= 4 is 27.8 Å². The third-order valence-electron chi connectivity index (χ3n) is 7.33. The number of H-pyrrole nitrogens is 1. The minimum absolute atomic E-state index is 0.116. The molecule has 0 aliphatic heterocycles. The number of aromatic amines is 1. The number of aliphatic carboxylic acids is 1. The van der Waals surface area contributed by atoms with Gasteiger partial charge in [-0.05, 0) is 74.3 Å². The highest BCUT2D eigenvalue weighted by atomic mass is 19.2. The van der Waals surface area contributed by atoms with E-state index in [9.17, 15) is 18.7 Å². The lowest BCUT2D eigenvalue weighted by molar-refractivity contribution is -0.149. The van der Waals surface area contributed by atoms with Crippen LogP contribution in [0.5, 0.6) is 0 Å². The second-order valence-corrected chi connectivity index (χ2v) is 9.85. The number of carbonyl (C=O) groups is 1. The molecule has 1 saturated carbocycles. The average Bonchev–Trinajstić information content (AvgIpc) is 3.36. The van der Waals surface area contributed by atoms with E-state index in [0.717, 1.165) is 46.4 Å². The molecule has 7 heteroatoms. The number of fused-ring (bicyclic) bond motifs is 2. The molecule has 2 aromatic heterocycles. The molecule has 0 radical (unpaired) electrons. The molecule has 1 aliphatic rings. The van der Waals surface area contributed by atoms with E-state index in [0.29, 0.717) is 18.5 Å². The van der Waals surface area contributed by atoms with Crippen LogP contribution in [0.15, 0.2) is 36.5 Å². The van der Waals surface area contributed by atoms with Crippen LogP contribution < -0.4 is 0 Å². The van der Waals surface area contributed by atoms with Gasteiger partial charge in [0.1, 0.15) is 0 Å². The molecule has 2 N–H and O–H groups in total. The molecule has 0 unspecified atom stereocenters. The minimum atomic E-state index is -0.884. The maximum atomic E-state index is 14.3. The summed E-state index contributed by atoms with van der Waals surface area (Å²) in [7, 11) is 0. The van der Waals surface area contributed by atoms with Crippen LogP contribution in [0, 0.1) is 17.0 Å². The zero-order valence-electron chi connectivity index (χ0n) is 19.0. The fourth-order valence-electron chi connectivity index (χ4n) is 5.43. The standard InChI is InChI=1S/C26H27F2N3O2/c1-14(2)24-23(15-6-8-26(3,9-7-15)25(32)33)18-12-21-16(13-29-30-21)10-22(18)31(24)17-4-5-19(27)20(28)11-17/h4-5,10-15H,6-9H2,1-3H3,(H,29,30)(H,32,33)/t15-,26-. The molecule has 2 aromatic carbocycles. The summed E-state index contributed by atoms with van der Waals surface area (Å²) in [6.07, 6.45) is 4.50. The van der Waals surface area contributed by atoms with E-state index >= 15 is 0 Å². The van der Waals surface area contributed by atoms with Crippen molar-refractivity contribution in [3.8, 4) is 5.69 Å². The number of nitrogens with one attached hydrogen (secondary N) is 1. The van der Waals surface area contributed by atoms with Crippen molar-refractivity contribution < 1.29 is 18.7 Å². The summed E-state index contributed by atoms with van der Waals surface area (Å²) in [6.45, 7) is 6.03. The van der Waals surface area contributed by atoms with Crippen molar-refractivity contribution in [3.63, 3.8) is 0 Å². The maximum absolute atomic E-state index is 14.3. The topological polar surface area (TPSA) is 70.9 Å². The van der Waals surface area contributed by atoms with Gasteiger partial charge < -0.3 is 9.67 Å². The SMILES string of the molecule is CC(C)c1c([C@H]2CC[C@](C)(C(=O)O)CC2)c2cc3[nH]ncc3cc2n1-c1ccc(F)c(F)c1. The number of hydrogen-bond donors (Lipinski definition) is 2. The number of rotatable bonds is 4. The Balaban J connectivity index is 1.77. The molecular weight excluding hydrogens is 424 g/mol. The zero-order valence-corrected chi connectivity index (χ0v) is 19.0. The number of halogens is 2. The Kier molecular flexibility index (Phi) is 5.03. The number of carboxylic acids is 1. The molecule has 33 heavy (non-hydrogen) atoms. The van der Waals surface area contributed by atoms with Gasteiger partial charge in [0.05, 0.1) is 22.6 Å². The van der Waals surface area contributed by atoms with Gasteiger partial charge in [-0.1, -0.05) is 13.8 Å². The van der Waals surface area contributed by atoms with Gasteiger partial charge in [-0.15, -0.1) is 0 Å². The van der Waals surface area contributed by atoms with Gasteiger partial charge in [-0.3, -0.25) is 9.89 Å². The van der Waals surface area contributed by atoms with Crippen LogP contribution in [0.1, 0.15) is 69.5 Å². The Bertz CT molecular complexity index is 1380. The van der Waals surface area contributed by atoms with Crippen LogP contribution in [0.2, 0.25) is 0 Å². The number of carboxylic acid groups (broad SMARTS) is 1. The van der Waals surface area contributed by atoms with Crippen molar-refractivity contribution in [2.75, 3.05) is 0 Å². The van der Waals surface area contributed by atoms with Gasteiger partial charge in [-0.2, -0.15) is 5.10 Å². The molecule has 0 bridgehead atoms. The maximum Gasteiger partial charge on any atom is 0.309 e. The molecule has 172 valence electrons. The first kappa shape index (κ1) is 21.6. The van der Waals surface area contributed by atoms with Gasteiger partial charge in [-0.25, -0.2) is 8.78 Å². The van der Waals surface area contributed by atoms with Crippen LogP contribution in [0.3, 0.4) is 0 Å². The van der Waals surface area contributed by atoms with Gasteiger partial charge in [0.25, 0.3) is 0 Å². The van der Waals surface area contributed by atoms with E-state index in [2.05, 4.69) is 30.1 Å². The van der Waals surface area contributed by atoms with Crippen molar-refractivity contribution in [1.82, 2.24) is 14.8 Å². The first-order chi connectivity index (χ1) is 15.7. The quantitative estimate of drug-likeness (QED) is 0.365. The number of benzene rings is 2. The number of hydrogen-bond acceptors (Lipinski definition) is 2. The monoisotopic (exact) mass is 451 g/mol. The largest absolute Gasteiger partial charge is 0.481 e. The molecule has 1 aliphatic carbocycles. The van der Waals surface area contributed by atoms with Gasteiger partial charge in [0.2, 0.25) is 0 Å². The Morgan fingerprint density at radius 1 is 1.18 bits per heavy atom. The third-order valence-corrected chi connectivity index (χ3v) is 7.33. The zero-order chi connectivity index (χ0) is 23.5. The summed E-state index contributed by atoms with van der Waals surface area (Å²) in [4.78, 5) is 11.8. The summed E-state index contributed by atoms with van der Waals surface area (Å²) in [5.41, 5.74) is 3.92. The van der Waals surface area contributed by atoms with Crippen molar-refractivity contribution in [2.45, 2.75) is 58.3 Å². The predicted octanol–water partition coefficient (Wildman–Crippen LogP) is 6.66. The van der Waals surface area contributed by atoms with Crippen molar-refractivity contribution in [1.29, 1.82) is 0 Å². The third kappa shape index (κ3) is 3.41. The van der Waals surface area contributed by atoms with Crippen LogP contribution in [0.4, 0.5) is 8.78 Å². The molecule has 2 heterocycles. The summed E-state index contributed by atoms with van der Waals surface area (Å²) >= 11 is 0. The average molecular weight is 452 g/mol. The lowest BCUT2D eigenvalue weighted by atomic mass is 9.69. The molecule has 0 atom stereocenters. The molecule has 0 amide bonds. The first-order valence-electron chi connectivity index (χ1n) is 11.4. The van der Waals surface area contributed by atoms with Gasteiger partial charge >= 0.3 is 5.97 Å². The van der Waals surface area contributed by atoms with Crippen molar-refractivity contribution in [2.24, 2.45) is 5.41 Å². The van der Waals surface area contributed by atoms with E-state index in [4.69, 9.17) is 0 Å². The second kappa shape index (κ2) is 7.68. The summed E-state index contributed by atoms with van der Waals surface area (Å²) < 4.78 is 30.0. The van der Waals surface area contributed by atoms with Crippen LogP contribution in [-0.4, -0.2) is 25.8 Å². The Labute approximate surface area is 190 Å². The van der Waals surface area contributed by atoms with Crippen LogP contribution in [0.25, 0.3) is 27.5 Å². The summed E-state index contributed by atoms with van der Waals surface area (Å²) in [5, 5.41) is 18.9. The van der Waals surface area contributed by atoms with Gasteiger partial charge in [0.15, 0.2) is 11.6 Å².